The zero-order valence-corrected chi connectivity index (χ0v) is 41.5. The minimum absolute atomic E-state index is 0. The number of amides is 1. The molecule has 358 valence electrons. The van der Waals surface area contributed by atoms with E-state index in [-0.39, 0.29) is 44.2 Å². The summed E-state index contributed by atoms with van der Waals surface area (Å²) in [6.07, 6.45) is 42.4. The molecule has 0 bridgehead atoms. The van der Waals surface area contributed by atoms with E-state index in [9.17, 15) is 14.4 Å². The first-order valence-corrected chi connectivity index (χ1v) is 25.6. The Morgan fingerprint density at radius 1 is 0.400 bits per heavy atom. The van der Waals surface area contributed by atoms with E-state index in [0.29, 0.717) is 30.4 Å². The second-order valence-electron chi connectivity index (χ2n) is 19.2. The first kappa shape index (κ1) is 60.5. The van der Waals surface area contributed by atoms with Crippen molar-refractivity contribution >= 4 is 18.0 Å². The molecule has 0 aromatic rings. The fraction of sp³-hybridized carbons (Fsp3) is 0.941. The first-order valence-electron chi connectivity index (χ1n) is 25.6. The number of carbonyl (C=O) groups is 3. The zero-order valence-electron chi connectivity index (χ0n) is 40.8. The van der Waals surface area contributed by atoms with Crippen LogP contribution >= 0.6 is 0 Å². The Morgan fingerprint density at radius 3 is 0.967 bits per heavy atom. The number of nitrogens with zero attached hydrogens (tertiary/aromatic N) is 1. The van der Waals surface area contributed by atoms with E-state index in [1.165, 1.54) is 167 Å². The number of rotatable bonds is 45. The summed E-state index contributed by atoms with van der Waals surface area (Å²) in [6, 6.07) is 0. The molecule has 0 aromatic carbocycles. The number of nitrogens with one attached hydrogen (secondary N) is 1. The van der Waals surface area contributed by atoms with Crippen LogP contribution in [0.15, 0.2) is 0 Å². The topological polar surface area (TPSA) is 90.9 Å². The zero-order chi connectivity index (χ0) is 43.6. The molecule has 0 saturated heterocycles. The lowest BCUT2D eigenvalue weighted by molar-refractivity contribution is -0.877. The van der Waals surface area contributed by atoms with Gasteiger partial charge in [0, 0.05) is 19.4 Å². The largest absolute Gasteiger partial charge is 1.00 e. The fourth-order valence-electron chi connectivity index (χ4n) is 8.17. The van der Waals surface area contributed by atoms with Crippen molar-refractivity contribution in [3.05, 3.63) is 0 Å². The van der Waals surface area contributed by atoms with E-state index in [1.807, 2.05) is 0 Å². The van der Waals surface area contributed by atoms with Crippen LogP contribution in [0.3, 0.4) is 0 Å². The second kappa shape index (κ2) is 44.1. The molecular weight excluding hydrogens is 772 g/mol. The molecule has 0 aliphatic heterocycles. The van der Waals surface area contributed by atoms with Gasteiger partial charge in [-0.1, -0.05) is 220 Å². The van der Waals surface area contributed by atoms with Crippen LogP contribution in [0.5, 0.6) is 0 Å². The van der Waals surface area contributed by atoms with E-state index in [2.05, 4.69) is 47.2 Å². The number of ether oxygens (including phenoxy) is 3. The van der Waals surface area contributed by atoms with Crippen molar-refractivity contribution in [3.63, 3.8) is 0 Å². The number of hydrogen-bond donors (Lipinski definition) is 1. The fourth-order valence-corrected chi connectivity index (χ4v) is 8.17. The van der Waals surface area contributed by atoms with Crippen molar-refractivity contribution in [2.75, 3.05) is 54.1 Å². The number of esters is 2. The SMILES string of the molecule is CCCCCCCCCCCCCCNC(=O)OCC(COC(=O)CCCCCCCCCCCCC)(COC(=O)CCCCCCCCCCCCC)C[N+](C)(C)C.[Cl-]. The standard InChI is InChI=1S/C51H100N2O6.ClH/c1-7-10-13-16-19-22-25-28-31-34-37-40-43-52-50(56)59-47-51(44-53(4,5)6,45-57-48(54)41-38-35-32-29-26-23-20-17-14-11-8-2)46-58-49(55)42-39-36-33-30-27-24-21-18-15-12-9-3;/h7-47H2,1-6H3;1H. The van der Waals surface area contributed by atoms with Crippen LogP contribution in [0, 0.1) is 5.41 Å². The van der Waals surface area contributed by atoms with E-state index >= 15 is 0 Å². The smallest absolute Gasteiger partial charge is 0.407 e. The Bertz CT molecular complexity index is 916. The summed E-state index contributed by atoms with van der Waals surface area (Å²) >= 11 is 0. The molecule has 0 saturated carbocycles. The summed E-state index contributed by atoms with van der Waals surface area (Å²) in [6.45, 7) is 7.94. The molecule has 1 N–H and O–H groups in total. The highest BCUT2D eigenvalue weighted by molar-refractivity contribution is 5.70. The highest BCUT2D eigenvalue weighted by atomic mass is 35.5. The van der Waals surface area contributed by atoms with Crippen molar-refractivity contribution < 1.29 is 45.5 Å². The van der Waals surface area contributed by atoms with E-state index < -0.39 is 11.5 Å². The maximum absolute atomic E-state index is 13.0. The van der Waals surface area contributed by atoms with Crippen LogP contribution < -0.4 is 17.7 Å². The van der Waals surface area contributed by atoms with Gasteiger partial charge in [0.05, 0.1) is 27.7 Å². The number of quaternary nitrogens is 1. The monoisotopic (exact) mass is 873 g/mol. The van der Waals surface area contributed by atoms with Crippen molar-refractivity contribution in [1.29, 1.82) is 0 Å². The maximum Gasteiger partial charge on any atom is 0.407 e. The second-order valence-corrected chi connectivity index (χ2v) is 19.2. The third kappa shape index (κ3) is 43.1. The van der Waals surface area contributed by atoms with Crippen LogP contribution in [-0.4, -0.2) is 76.6 Å². The minimum atomic E-state index is -0.856. The number of hydrogen-bond acceptors (Lipinski definition) is 6. The Morgan fingerprint density at radius 2 is 0.667 bits per heavy atom. The van der Waals surface area contributed by atoms with Gasteiger partial charge >= 0.3 is 18.0 Å². The van der Waals surface area contributed by atoms with E-state index in [4.69, 9.17) is 14.2 Å². The first-order chi connectivity index (χ1) is 28.6. The summed E-state index contributed by atoms with van der Waals surface area (Å²) in [5.41, 5.74) is -0.856. The molecule has 1 amide bonds. The summed E-state index contributed by atoms with van der Waals surface area (Å²) < 4.78 is 18.2. The van der Waals surface area contributed by atoms with Gasteiger partial charge in [-0.2, -0.15) is 0 Å². The molecule has 0 spiro atoms. The van der Waals surface area contributed by atoms with Crippen LogP contribution in [0.4, 0.5) is 4.79 Å². The van der Waals surface area contributed by atoms with E-state index in [0.717, 1.165) is 51.4 Å². The van der Waals surface area contributed by atoms with Crippen LogP contribution in [0.1, 0.15) is 252 Å². The molecule has 0 atom stereocenters. The van der Waals surface area contributed by atoms with Crippen molar-refractivity contribution in [2.45, 2.75) is 252 Å². The van der Waals surface area contributed by atoms with Gasteiger partial charge < -0.3 is 36.4 Å². The van der Waals surface area contributed by atoms with Gasteiger partial charge in [0.1, 0.15) is 25.2 Å². The summed E-state index contributed by atoms with van der Waals surface area (Å²) in [5.74, 6) is -0.481. The Kier molecular flexibility index (Phi) is 44.5. The lowest BCUT2D eigenvalue weighted by Crippen LogP contribution is -3.00. The van der Waals surface area contributed by atoms with Crippen LogP contribution in [0.25, 0.3) is 0 Å². The van der Waals surface area contributed by atoms with Crippen molar-refractivity contribution in [3.8, 4) is 0 Å². The number of unbranched alkanes of at least 4 members (excludes halogenated alkanes) is 31. The maximum atomic E-state index is 13.0. The predicted octanol–water partition coefficient (Wildman–Crippen LogP) is 11.6. The Balaban J connectivity index is 0. The molecular formula is C51H101ClN2O6. The summed E-state index contributed by atoms with van der Waals surface area (Å²) in [7, 11) is 6.17. The van der Waals surface area contributed by atoms with Crippen LogP contribution in [0.2, 0.25) is 0 Å². The lowest BCUT2D eigenvalue weighted by Gasteiger charge is -2.38. The van der Waals surface area contributed by atoms with Gasteiger partial charge in [-0.3, -0.25) is 9.59 Å². The number of alkyl carbamates (subject to hydrolysis) is 1. The number of halogens is 1. The van der Waals surface area contributed by atoms with Crippen molar-refractivity contribution in [2.24, 2.45) is 5.41 Å². The molecule has 0 fully saturated rings. The highest BCUT2D eigenvalue weighted by Gasteiger charge is 2.41. The molecule has 0 radical (unpaired) electrons. The molecule has 0 aliphatic carbocycles. The van der Waals surface area contributed by atoms with E-state index in [1.54, 1.807) is 0 Å². The van der Waals surface area contributed by atoms with Crippen molar-refractivity contribution in [1.82, 2.24) is 5.32 Å². The summed E-state index contributed by atoms with van der Waals surface area (Å²) in [4.78, 5) is 39.0. The molecule has 0 heterocycles. The van der Waals surface area contributed by atoms with Gasteiger partial charge in [0.15, 0.2) is 0 Å². The molecule has 8 nitrogen and oxygen atoms in total. The third-order valence-electron chi connectivity index (χ3n) is 11.7. The minimum Gasteiger partial charge on any atom is -1.00 e. The van der Waals surface area contributed by atoms with Gasteiger partial charge in [0.25, 0.3) is 0 Å². The summed E-state index contributed by atoms with van der Waals surface area (Å²) in [5, 5.41) is 2.93. The normalized spacial score (nSPS) is 11.6. The average molecular weight is 874 g/mol. The Labute approximate surface area is 378 Å². The molecule has 9 heteroatoms. The van der Waals surface area contributed by atoms with Gasteiger partial charge in [-0.25, -0.2) is 4.79 Å². The third-order valence-corrected chi connectivity index (χ3v) is 11.7. The molecule has 0 rings (SSSR count). The molecule has 0 aliphatic rings. The number of carbonyl (C=O) groups excluding carboxylic acids is 3. The van der Waals surface area contributed by atoms with Crippen LogP contribution in [-0.2, 0) is 23.8 Å². The molecule has 0 unspecified atom stereocenters. The quantitative estimate of drug-likeness (QED) is 0.0284. The average Bonchev–Trinajstić information content (AvgIpc) is 3.20. The molecule has 60 heavy (non-hydrogen) atoms. The highest BCUT2D eigenvalue weighted by Crippen LogP contribution is 2.25. The predicted molar refractivity (Wildman–Crippen MR) is 250 cm³/mol. The Hall–Kier alpha value is -1.54. The van der Waals surface area contributed by atoms with Gasteiger partial charge in [-0.15, -0.1) is 0 Å². The van der Waals surface area contributed by atoms with Gasteiger partial charge in [0.2, 0.25) is 0 Å². The lowest BCUT2D eigenvalue weighted by atomic mass is 9.89. The van der Waals surface area contributed by atoms with Gasteiger partial charge in [-0.05, 0) is 19.3 Å². The molecule has 0 aromatic heterocycles.